The third-order valence-electron chi connectivity index (χ3n) is 6.07. The predicted octanol–water partition coefficient (Wildman–Crippen LogP) is 3.24. The van der Waals surface area contributed by atoms with Crippen molar-refractivity contribution in [3.05, 3.63) is 64.2 Å². The zero-order chi connectivity index (χ0) is 24.4. The van der Waals surface area contributed by atoms with E-state index in [2.05, 4.69) is 0 Å². The van der Waals surface area contributed by atoms with Gasteiger partial charge in [0.1, 0.15) is 11.8 Å². The summed E-state index contributed by atoms with van der Waals surface area (Å²) >= 11 is 0. The fraction of sp³-hybridized carbons (Fsp3) is 0.333. The Kier molecular flexibility index (Phi) is 6.40. The van der Waals surface area contributed by atoms with E-state index in [1.54, 1.807) is 0 Å². The fourth-order valence-corrected chi connectivity index (χ4v) is 4.58. The summed E-state index contributed by atoms with van der Waals surface area (Å²) in [5, 5.41) is 11.2. The minimum atomic E-state index is -1.00. The molecule has 0 aromatic heterocycles. The zero-order valence-corrected chi connectivity index (χ0v) is 18.5. The third-order valence-corrected chi connectivity index (χ3v) is 6.07. The number of nitro groups is 1. The Labute approximate surface area is 195 Å². The van der Waals surface area contributed by atoms with Crippen LogP contribution in [0.5, 0.6) is 5.75 Å². The van der Waals surface area contributed by atoms with Gasteiger partial charge < -0.3 is 9.64 Å². The largest absolute Gasteiger partial charge is 0.427 e. The number of nitrogens with zero attached hydrogens (tertiary/aromatic N) is 3. The van der Waals surface area contributed by atoms with Crippen LogP contribution in [0.2, 0.25) is 0 Å². The van der Waals surface area contributed by atoms with Crippen molar-refractivity contribution >= 4 is 35.1 Å². The summed E-state index contributed by atoms with van der Waals surface area (Å²) in [6, 6.07) is 10.1. The van der Waals surface area contributed by atoms with Gasteiger partial charge in [-0.25, -0.2) is 4.90 Å². The van der Waals surface area contributed by atoms with Crippen LogP contribution in [0.3, 0.4) is 0 Å². The van der Waals surface area contributed by atoms with Gasteiger partial charge >= 0.3 is 5.97 Å². The van der Waals surface area contributed by atoms with Gasteiger partial charge in [-0.15, -0.1) is 0 Å². The van der Waals surface area contributed by atoms with Crippen LogP contribution in [0.1, 0.15) is 49.4 Å². The molecule has 10 nitrogen and oxygen atoms in total. The molecule has 176 valence electrons. The summed E-state index contributed by atoms with van der Waals surface area (Å²) in [4.78, 5) is 64.0. The molecular formula is C24H23N3O7. The number of anilines is 1. The van der Waals surface area contributed by atoms with Crippen molar-refractivity contribution in [3.8, 4) is 5.75 Å². The highest BCUT2D eigenvalue weighted by atomic mass is 16.6. The summed E-state index contributed by atoms with van der Waals surface area (Å²) < 4.78 is 4.99. The SMILES string of the molecule is CC(=O)Oc1ccc(N2C(=O)CC(N(C(=O)c3cccc([N+](=O)[O-])c3)C3CCCC3)C2=O)cc1. The molecule has 2 aromatic carbocycles. The number of esters is 1. The minimum absolute atomic E-state index is 0.102. The van der Waals surface area contributed by atoms with Crippen LogP contribution in [0.4, 0.5) is 11.4 Å². The van der Waals surface area contributed by atoms with E-state index < -0.39 is 34.7 Å². The van der Waals surface area contributed by atoms with Crippen molar-refractivity contribution in [2.24, 2.45) is 0 Å². The molecule has 10 heteroatoms. The van der Waals surface area contributed by atoms with Crippen molar-refractivity contribution in [1.82, 2.24) is 4.90 Å². The molecule has 1 heterocycles. The Morgan fingerprint density at radius 1 is 1.09 bits per heavy atom. The highest BCUT2D eigenvalue weighted by Crippen LogP contribution is 2.33. The van der Waals surface area contributed by atoms with Gasteiger partial charge in [0, 0.05) is 30.7 Å². The van der Waals surface area contributed by atoms with Gasteiger partial charge in [-0.05, 0) is 43.2 Å². The second kappa shape index (κ2) is 9.42. The topological polar surface area (TPSA) is 127 Å². The molecule has 1 saturated heterocycles. The molecule has 2 fully saturated rings. The van der Waals surface area contributed by atoms with E-state index in [0.717, 1.165) is 17.7 Å². The number of amides is 3. The normalized spacial score (nSPS) is 18.3. The molecule has 34 heavy (non-hydrogen) atoms. The number of imide groups is 1. The standard InChI is InChI=1S/C24H23N3O7/c1-15(28)34-20-11-9-18(10-12-20)26-22(29)14-21(24(26)31)25(17-6-2-3-7-17)23(30)16-5-4-8-19(13-16)27(32)33/h4-5,8-13,17,21H,2-3,6-7,14H2,1H3. The van der Waals surface area contributed by atoms with Gasteiger partial charge in [-0.3, -0.25) is 29.3 Å². The smallest absolute Gasteiger partial charge is 0.308 e. The number of rotatable bonds is 6. The van der Waals surface area contributed by atoms with Gasteiger partial charge in [0.2, 0.25) is 5.91 Å². The van der Waals surface area contributed by atoms with E-state index in [1.807, 2.05) is 0 Å². The van der Waals surface area contributed by atoms with Crippen molar-refractivity contribution in [2.45, 2.75) is 51.1 Å². The molecule has 1 atom stereocenters. The number of hydrogen-bond acceptors (Lipinski definition) is 7. The molecule has 0 N–H and O–H groups in total. The monoisotopic (exact) mass is 465 g/mol. The van der Waals surface area contributed by atoms with Crippen LogP contribution < -0.4 is 9.64 Å². The molecule has 0 bridgehead atoms. The molecular weight excluding hydrogens is 442 g/mol. The average molecular weight is 465 g/mol. The fourth-order valence-electron chi connectivity index (χ4n) is 4.58. The van der Waals surface area contributed by atoms with E-state index in [4.69, 9.17) is 4.74 Å². The Bertz CT molecular complexity index is 1160. The summed E-state index contributed by atoms with van der Waals surface area (Å²) in [7, 11) is 0. The van der Waals surface area contributed by atoms with E-state index in [-0.39, 0.29) is 29.5 Å². The van der Waals surface area contributed by atoms with Crippen molar-refractivity contribution in [3.63, 3.8) is 0 Å². The van der Waals surface area contributed by atoms with E-state index in [0.29, 0.717) is 18.5 Å². The third kappa shape index (κ3) is 4.52. The Balaban J connectivity index is 1.64. The van der Waals surface area contributed by atoms with Crippen molar-refractivity contribution < 1.29 is 28.8 Å². The van der Waals surface area contributed by atoms with Gasteiger partial charge in [-0.1, -0.05) is 18.9 Å². The maximum Gasteiger partial charge on any atom is 0.308 e. The summed E-state index contributed by atoms with van der Waals surface area (Å²) in [6.07, 6.45) is 2.98. The van der Waals surface area contributed by atoms with Crippen molar-refractivity contribution in [1.29, 1.82) is 0 Å². The number of ether oxygens (including phenoxy) is 1. The maximum atomic E-state index is 13.5. The number of carbonyl (C=O) groups is 4. The number of non-ortho nitro benzene ring substituents is 1. The quantitative estimate of drug-likeness (QED) is 0.211. The molecule has 1 unspecified atom stereocenters. The number of benzene rings is 2. The first-order valence-electron chi connectivity index (χ1n) is 11.0. The second-order valence-electron chi connectivity index (χ2n) is 8.33. The number of carbonyl (C=O) groups excluding carboxylic acids is 4. The molecule has 1 aliphatic heterocycles. The van der Waals surface area contributed by atoms with Crippen LogP contribution in [0, 0.1) is 10.1 Å². The van der Waals surface area contributed by atoms with E-state index in [1.165, 1.54) is 60.4 Å². The molecule has 0 radical (unpaired) electrons. The molecule has 1 aliphatic carbocycles. The summed E-state index contributed by atoms with van der Waals surface area (Å²) in [6.45, 7) is 1.27. The van der Waals surface area contributed by atoms with Gasteiger partial charge in [0.15, 0.2) is 0 Å². The Morgan fingerprint density at radius 3 is 2.38 bits per heavy atom. The Morgan fingerprint density at radius 2 is 1.76 bits per heavy atom. The summed E-state index contributed by atoms with van der Waals surface area (Å²) in [5.41, 5.74) is 0.189. The molecule has 2 aliphatic rings. The molecule has 2 aromatic rings. The lowest BCUT2D eigenvalue weighted by atomic mass is 10.1. The molecule has 3 amide bonds. The summed E-state index contributed by atoms with van der Waals surface area (Å²) in [5.74, 6) is -1.71. The number of nitro benzene ring substituents is 1. The van der Waals surface area contributed by atoms with Gasteiger partial charge in [0.25, 0.3) is 17.5 Å². The van der Waals surface area contributed by atoms with Crippen LogP contribution >= 0.6 is 0 Å². The van der Waals surface area contributed by atoms with Crippen LogP contribution in [0.25, 0.3) is 0 Å². The molecule has 1 saturated carbocycles. The highest BCUT2D eigenvalue weighted by Gasteiger charge is 2.47. The lowest BCUT2D eigenvalue weighted by Gasteiger charge is -2.33. The first kappa shape index (κ1) is 23.1. The van der Waals surface area contributed by atoms with Crippen LogP contribution in [0.15, 0.2) is 48.5 Å². The second-order valence-corrected chi connectivity index (χ2v) is 8.33. The van der Waals surface area contributed by atoms with Gasteiger partial charge in [0.05, 0.1) is 17.0 Å². The van der Waals surface area contributed by atoms with Crippen molar-refractivity contribution in [2.75, 3.05) is 4.90 Å². The first-order chi connectivity index (χ1) is 16.3. The number of hydrogen-bond donors (Lipinski definition) is 0. The van der Waals surface area contributed by atoms with E-state index >= 15 is 0 Å². The van der Waals surface area contributed by atoms with Crippen LogP contribution in [-0.4, -0.2) is 45.6 Å². The first-order valence-corrected chi connectivity index (χ1v) is 11.0. The highest BCUT2D eigenvalue weighted by molar-refractivity contribution is 6.23. The molecule has 4 rings (SSSR count). The Hall–Kier alpha value is -4.08. The lowest BCUT2D eigenvalue weighted by Crippen LogP contribution is -2.50. The zero-order valence-electron chi connectivity index (χ0n) is 18.5. The average Bonchev–Trinajstić information content (AvgIpc) is 3.43. The van der Waals surface area contributed by atoms with E-state index in [9.17, 15) is 29.3 Å². The lowest BCUT2D eigenvalue weighted by molar-refractivity contribution is -0.384. The van der Waals surface area contributed by atoms with Crippen LogP contribution in [-0.2, 0) is 14.4 Å². The maximum absolute atomic E-state index is 13.5. The van der Waals surface area contributed by atoms with Gasteiger partial charge in [-0.2, -0.15) is 0 Å². The predicted molar refractivity (Wildman–Crippen MR) is 120 cm³/mol. The minimum Gasteiger partial charge on any atom is -0.427 e. The molecule has 0 spiro atoms.